The minimum Gasteiger partial charge on any atom is -0.0622 e. The Morgan fingerprint density at radius 1 is 0.778 bits per heavy atom. The van der Waals surface area contributed by atoms with Gasteiger partial charge in [-0.25, -0.2) is 0 Å². The van der Waals surface area contributed by atoms with Gasteiger partial charge in [0.15, 0.2) is 0 Å². The maximum atomic E-state index is 2.43. The first-order valence-electron chi connectivity index (χ1n) is 4.27. The van der Waals surface area contributed by atoms with Crippen molar-refractivity contribution in [1.82, 2.24) is 0 Å². The average Bonchev–Trinajstić information content (AvgIpc) is 2.24. The normalized spacial score (nSPS) is 56.7. The fourth-order valence-electron chi connectivity index (χ4n) is 2.85. The standard InChI is InChI=1S/C9H16/c1-6-3-9-5-8(6)4-7(9)2/h6-9H,3-5H2,1-2H3/t6-,7+,8?,9?. The number of fused-ring (bicyclic) bond motifs is 2. The third-order valence-electron chi connectivity index (χ3n) is 3.56. The van der Waals surface area contributed by atoms with E-state index in [1.165, 1.54) is 12.8 Å². The van der Waals surface area contributed by atoms with Gasteiger partial charge in [-0.1, -0.05) is 13.8 Å². The zero-order valence-corrected chi connectivity index (χ0v) is 6.43. The van der Waals surface area contributed by atoms with E-state index in [2.05, 4.69) is 13.8 Å². The van der Waals surface area contributed by atoms with Crippen LogP contribution in [0.15, 0.2) is 0 Å². The van der Waals surface area contributed by atoms with Crippen LogP contribution in [0, 0.1) is 23.7 Å². The Labute approximate surface area is 57.6 Å². The average molecular weight is 124 g/mol. The van der Waals surface area contributed by atoms with Gasteiger partial charge in [-0.15, -0.1) is 0 Å². The molecule has 4 atom stereocenters. The fraction of sp³-hybridized carbons (Fsp3) is 1.00. The first kappa shape index (κ1) is 5.76. The van der Waals surface area contributed by atoms with Gasteiger partial charge in [0.25, 0.3) is 0 Å². The van der Waals surface area contributed by atoms with Crippen LogP contribution >= 0.6 is 0 Å². The van der Waals surface area contributed by atoms with Crippen LogP contribution in [0.2, 0.25) is 0 Å². The molecule has 0 aliphatic heterocycles. The van der Waals surface area contributed by atoms with E-state index in [4.69, 9.17) is 0 Å². The lowest BCUT2D eigenvalue weighted by Gasteiger charge is -2.21. The predicted octanol–water partition coefficient (Wildman–Crippen LogP) is 2.69. The second-order valence-corrected chi connectivity index (χ2v) is 4.18. The van der Waals surface area contributed by atoms with Crippen LogP contribution in [-0.4, -0.2) is 0 Å². The Morgan fingerprint density at radius 2 is 1.22 bits per heavy atom. The summed E-state index contributed by atoms with van der Waals surface area (Å²) >= 11 is 0. The molecule has 9 heavy (non-hydrogen) atoms. The Morgan fingerprint density at radius 3 is 1.44 bits per heavy atom. The lowest BCUT2D eigenvalue weighted by Crippen LogP contribution is -2.12. The van der Waals surface area contributed by atoms with Gasteiger partial charge in [0.05, 0.1) is 0 Å². The highest BCUT2D eigenvalue weighted by Gasteiger charge is 2.41. The van der Waals surface area contributed by atoms with E-state index in [0.29, 0.717) is 0 Å². The van der Waals surface area contributed by atoms with E-state index >= 15 is 0 Å². The molecule has 0 heteroatoms. The van der Waals surface area contributed by atoms with E-state index in [1.54, 1.807) is 6.42 Å². The molecule has 2 unspecified atom stereocenters. The molecule has 0 spiro atoms. The molecule has 2 fully saturated rings. The van der Waals surface area contributed by atoms with E-state index in [-0.39, 0.29) is 0 Å². The van der Waals surface area contributed by atoms with Crippen LogP contribution < -0.4 is 0 Å². The maximum Gasteiger partial charge on any atom is -0.0383 e. The zero-order chi connectivity index (χ0) is 6.43. The highest BCUT2D eigenvalue weighted by Crippen LogP contribution is 2.51. The zero-order valence-electron chi connectivity index (χ0n) is 6.43. The van der Waals surface area contributed by atoms with Gasteiger partial charge in [-0.3, -0.25) is 0 Å². The van der Waals surface area contributed by atoms with Gasteiger partial charge in [-0.05, 0) is 42.9 Å². The van der Waals surface area contributed by atoms with Crippen molar-refractivity contribution >= 4 is 0 Å². The van der Waals surface area contributed by atoms with Gasteiger partial charge < -0.3 is 0 Å². The van der Waals surface area contributed by atoms with Crippen molar-refractivity contribution in [2.75, 3.05) is 0 Å². The first-order valence-corrected chi connectivity index (χ1v) is 4.27. The molecule has 0 nitrogen and oxygen atoms in total. The van der Waals surface area contributed by atoms with Crippen molar-refractivity contribution in [2.45, 2.75) is 33.1 Å². The van der Waals surface area contributed by atoms with Crippen LogP contribution in [-0.2, 0) is 0 Å². The summed E-state index contributed by atoms with van der Waals surface area (Å²) in [6.07, 6.45) is 4.62. The summed E-state index contributed by atoms with van der Waals surface area (Å²) in [6.45, 7) is 4.85. The molecule has 0 aromatic heterocycles. The van der Waals surface area contributed by atoms with Crippen molar-refractivity contribution in [3.8, 4) is 0 Å². The SMILES string of the molecule is C[C@@H]1CC2CC1C[C@@H]2C. The minimum atomic E-state index is 1.06. The van der Waals surface area contributed by atoms with Crippen molar-refractivity contribution < 1.29 is 0 Å². The summed E-state index contributed by atoms with van der Waals surface area (Å²) < 4.78 is 0. The second kappa shape index (κ2) is 1.74. The highest BCUT2D eigenvalue weighted by molar-refractivity contribution is 4.91. The summed E-state index contributed by atoms with van der Waals surface area (Å²) in [6, 6.07) is 0. The van der Waals surface area contributed by atoms with Gasteiger partial charge in [0.1, 0.15) is 0 Å². The van der Waals surface area contributed by atoms with E-state index in [9.17, 15) is 0 Å². The summed E-state index contributed by atoms with van der Waals surface area (Å²) in [4.78, 5) is 0. The molecule has 0 amide bonds. The summed E-state index contributed by atoms with van der Waals surface area (Å²) in [5.74, 6) is 4.35. The van der Waals surface area contributed by atoms with Crippen molar-refractivity contribution in [3.63, 3.8) is 0 Å². The third kappa shape index (κ3) is 0.720. The molecule has 0 radical (unpaired) electrons. The van der Waals surface area contributed by atoms with Crippen molar-refractivity contribution in [3.05, 3.63) is 0 Å². The molecule has 0 N–H and O–H groups in total. The lowest BCUT2D eigenvalue weighted by molar-refractivity contribution is 0.288. The molecular weight excluding hydrogens is 108 g/mol. The topological polar surface area (TPSA) is 0 Å². The minimum absolute atomic E-state index is 1.06. The Bertz CT molecular complexity index is 99.2. The molecular formula is C9H16. The van der Waals surface area contributed by atoms with Crippen LogP contribution in [0.3, 0.4) is 0 Å². The Hall–Kier alpha value is 0. The van der Waals surface area contributed by atoms with E-state index < -0.39 is 0 Å². The Kier molecular flexibility index (Phi) is 1.12. The summed E-state index contributed by atoms with van der Waals surface area (Å²) in [5.41, 5.74) is 0. The highest BCUT2D eigenvalue weighted by atomic mass is 14.5. The van der Waals surface area contributed by atoms with Gasteiger partial charge in [0.2, 0.25) is 0 Å². The molecule has 52 valence electrons. The molecule has 0 heterocycles. The van der Waals surface area contributed by atoms with Crippen molar-refractivity contribution in [1.29, 1.82) is 0 Å². The Balaban J connectivity index is 2.10. The lowest BCUT2D eigenvalue weighted by atomic mass is 9.84. The molecule has 2 saturated carbocycles. The first-order chi connectivity index (χ1) is 4.27. The summed E-state index contributed by atoms with van der Waals surface area (Å²) in [7, 11) is 0. The molecule has 2 aliphatic carbocycles. The monoisotopic (exact) mass is 124 g/mol. The molecule has 2 bridgehead atoms. The number of hydrogen-bond acceptors (Lipinski definition) is 0. The third-order valence-corrected chi connectivity index (χ3v) is 3.56. The fourth-order valence-corrected chi connectivity index (χ4v) is 2.85. The van der Waals surface area contributed by atoms with Crippen molar-refractivity contribution in [2.24, 2.45) is 23.7 Å². The second-order valence-electron chi connectivity index (χ2n) is 4.18. The molecule has 0 aromatic carbocycles. The van der Waals surface area contributed by atoms with Crippen LogP contribution in [0.1, 0.15) is 33.1 Å². The molecule has 0 aromatic rings. The summed E-state index contributed by atoms with van der Waals surface area (Å²) in [5, 5.41) is 0. The molecule has 2 aliphatic rings. The van der Waals surface area contributed by atoms with Gasteiger partial charge in [0, 0.05) is 0 Å². The number of rotatable bonds is 0. The smallest absolute Gasteiger partial charge is 0.0383 e. The maximum absolute atomic E-state index is 2.43. The van der Waals surface area contributed by atoms with Crippen LogP contribution in [0.5, 0.6) is 0 Å². The molecule has 2 rings (SSSR count). The number of hydrogen-bond donors (Lipinski definition) is 0. The van der Waals surface area contributed by atoms with E-state index in [0.717, 1.165) is 23.7 Å². The quantitative estimate of drug-likeness (QED) is 0.465. The van der Waals surface area contributed by atoms with E-state index in [1.807, 2.05) is 0 Å². The van der Waals surface area contributed by atoms with Crippen LogP contribution in [0.4, 0.5) is 0 Å². The predicted molar refractivity (Wildman–Crippen MR) is 39.2 cm³/mol. The largest absolute Gasteiger partial charge is 0.0622 e. The molecule has 0 saturated heterocycles. The van der Waals surface area contributed by atoms with Gasteiger partial charge in [-0.2, -0.15) is 0 Å². The van der Waals surface area contributed by atoms with Crippen LogP contribution in [0.25, 0.3) is 0 Å². The van der Waals surface area contributed by atoms with Gasteiger partial charge >= 0.3 is 0 Å².